The molecule has 0 aliphatic heterocycles. The van der Waals surface area contributed by atoms with Crippen molar-refractivity contribution in [3.63, 3.8) is 0 Å². The SMILES string of the molecule is CNCc1cc(CN)c(F)cc1N. The quantitative estimate of drug-likeness (QED) is 0.601. The Kier molecular flexibility index (Phi) is 3.22. The van der Waals surface area contributed by atoms with Crippen molar-refractivity contribution in [3.8, 4) is 0 Å². The third-order valence-corrected chi connectivity index (χ3v) is 1.90. The monoisotopic (exact) mass is 183 g/mol. The Hall–Kier alpha value is -1.13. The normalized spacial score (nSPS) is 10.4. The van der Waals surface area contributed by atoms with Crippen LogP contribution in [-0.2, 0) is 13.1 Å². The van der Waals surface area contributed by atoms with Crippen LogP contribution in [0.25, 0.3) is 0 Å². The van der Waals surface area contributed by atoms with Crippen LogP contribution in [0.4, 0.5) is 10.1 Å². The number of hydrogen-bond acceptors (Lipinski definition) is 3. The van der Waals surface area contributed by atoms with Crippen molar-refractivity contribution < 1.29 is 4.39 Å². The summed E-state index contributed by atoms with van der Waals surface area (Å²) in [5.41, 5.74) is 12.8. The van der Waals surface area contributed by atoms with Gasteiger partial charge in [-0.3, -0.25) is 0 Å². The molecule has 4 heteroatoms. The molecule has 0 fully saturated rings. The maximum Gasteiger partial charge on any atom is 0.129 e. The molecule has 13 heavy (non-hydrogen) atoms. The second-order valence-electron chi connectivity index (χ2n) is 2.88. The average molecular weight is 183 g/mol. The summed E-state index contributed by atoms with van der Waals surface area (Å²) >= 11 is 0. The van der Waals surface area contributed by atoms with Crippen LogP contribution in [-0.4, -0.2) is 7.05 Å². The molecule has 1 aromatic rings. The van der Waals surface area contributed by atoms with E-state index in [9.17, 15) is 4.39 Å². The Morgan fingerprint density at radius 2 is 2.08 bits per heavy atom. The molecule has 1 rings (SSSR count). The lowest BCUT2D eigenvalue weighted by atomic mass is 10.1. The summed E-state index contributed by atoms with van der Waals surface area (Å²) in [7, 11) is 1.81. The van der Waals surface area contributed by atoms with Crippen molar-refractivity contribution in [1.82, 2.24) is 5.32 Å². The van der Waals surface area contributed by atoms with Gasteiger partial charge >= 0.3 is 0 Å². The highest BCUT2D eigenvalue weighted by atomic mass is 19.1. The summed E-state index contributed by atoms with van der Waals surface area (Å²) in [6.45, 7) is 0.821. The van der Waals surface area contributed by atoms with E-state index in [1.54, 1.807) is 6.07 Å². The van der Waals surface area contributed by atoms with Gasteiger partial charge in [-0.05, 0) is 24.7 Å². The topological polar surface area (TPSA) is 64.1 Å². The van der Waals surface area contributed by atoms with E-state index in [1.165, 1.54) is 6.07 Å². The molecule has 72 valence electrons. The Bertz CT molecular complexity index is 299. The minimum Gasteiger partial charge on any atom is -0.398 e. The van der Waals surface area contributed by atoms with Crippen molar-refractivity contribution in [2.24, 2.45) is 5.73 Å². The first kappa shape index (κ1) is 9.95. The zero-order chi connectivity index (χ0) is 9.84. The van der Waals surface area contributed by atoms with Crippen LogP contribution < -0.4 is 16.8 Å². The van der Waals surface area contributed by atoms with Crippen LogP contribution in [0.15, 0.2) is 12.1 Å². The smallest absolute Gasteiger partial charge is 0.129 e. The van der Waals surface area contributed by atoms with Crippen molar-refractivity contribution in [2.45, 2.75) is 13.1 Å². The number of anilines is 1. The fourth-order valence-electron chi connectivity index (χ4n) is 1.18. The Morgan fingerprint density at radius 1 is 1.38 bits per heavy atom. The summed E-state index contributed by atoms with van der Waals surface area (Å²) < 4.78 is 13.1. The molecule has 1 aromatic carbocycles. The highest BCUT2D eigenvalue weighted by molar-refractivity contribution is 5.49. The molecule has 0 heterocycles. The van der Waals surface area contributed by atoms with Crippen LogP contribution in [0.3, 0.4) is 0 Å². The first-order valence-corrected chi connectivity index (χ1v) is 4.10. The molecule has 0 unspecified atom stereocenters. The molecular weight excluding hydrogens is 169 g/mol. The van der Waals surface area contributed by atoms with Gasteiger partial charge < -0.3 is 16.8 Å². The number of nitrogens with two attached hydrogens (primary N) is 2. The van der Waals surface area contributed by atoms with Gasteiger partial charge in [0.15, 0.2) is 0 Å². The number of hydrogen-bond donors (Lipinski definition) is 3. The zero-order valence-electron chi connectivity index (χ0n) is 7.60. The summed E-state index contributed by atoms with van der Waals surface area (Å²) in [5.74, 6) is -0.333. The largest absolute Gasteiger partial charge is 0.398 e. The summed E-state index contributed by atoms with van der Waals surface area (Å²) in [4.78, 5) is 0. The number of nitrogen functional groups attached to an aromatic ring is 1. The van der Waals surface area contributed by atoms with E-state index >= 15 is 0 Å². The van der Waals surface area contributed by atoms with Gasteiger partial charge in [-0.1, -0.05) is 0 Å². The standard InChI is InChI=1S/C9H14FN3/c1-13-5-7-2-6(4-11)8(10)3-9(7)12/h2-3,13H,4-5,11-12H2,1H3. The van der Waals surface area contributed by atoms with E-state index in [4.69, 9.17) is 11.5 Å². The fourth-order valence-corrected chi connectivity index (χ4v) is 1.18. The first-order valence-electron chi connectivity index (χ1n) is 4.10. The summed E-state index contributed by atoms with van der Waals surface area (Å²) in [6.07, 6.45) is 0. The van der Waals surface area contributed by atoms with Crippen molar-refractivity contribution in [3.05, 3.63) is 29.1 Å². The lowest BCUT2D eigenvalue weighted by Gasteiger charge is -2.08. The minimum atomic E-state index is -0.333. The fraction of sp³-hybridized carbons (Fsp3) is 0.333. The minimum absolute atomic E-state index is 0.197. The summed E-state index contributed by atoms with van der Waals surface area (Å²) in [5, 5.41) is 2.95. The molecule has 0 aliphatic carbocycles. The third-order valence-electron chi connectivity index (χ3n) is 1.90. The lowest BCUT2D eigenvalue weighted by Crippen LogP contribution is -2.10. The zero-order valence-corrected chi connectivity index (χ0v) is 7.60. The van der Waals surface area contributed by atoms with Gasteiger partial charge in [0.25, 0.3) is 0 Å². The van der Waals surface area contributed by atoms with E-state index in [-0.39, 0.29) is 12.4 Å². The second-order valence-corrected chi connectivity index (χ2v) is 2.88. The van der Waals surface area contributed by atoms with Crippen LogP contribution in [0.5, 0.6) is 0 Å². The van der Waals surface area contributed by atoms with Crippen molar-refractivity contribution in [2.75, 3.05) is 12.8 Å². The maximum atomic E-state index is 13.1. The van der Waals surface area contributed by atoms with Gasteiger partial charge in [0, 0.05) is 24.3 Å². The molecule has 0 aromatic heterocycles. The number of nitrogens with one attached hydrogen (secondary N) is 1. The average Bonchev–Trinajstić information content (AvgIpc) is 2.10. The molecule has 0 saturated carbocycles. The van der Waals surface area contributed by atoms with Crippen LogP contribution >= 0.6 is 0 Å². The molecule has 0 saturated heterocycles. The first-order chi connectivity index (χ1) is 6.19. The molecule has 0 bridgehead atoms. The van der Waals surface area contributed by atoms with Gasteiger partial charge in [0.1, 0.15) is 5.82 Å². The molecule has 0 atom stereocenters. The number of rotatable bonds is 3. The van der Waals surface area contributed by atoms with Gasteiger partial charge in [0.05, 0.1) is 0 Å². The van der Waals surface area contributed by atoms with Crippen LogP contribution in [0.1, 0.15) is 11.1 Å². The third kappa shape index (κ3) is 2.17. The predicted molar refractivity (Wildman–Crippen MR) is 51.5 cm³/mol. The maximum absolute atomic E-state index is 13.1. The van der Waals surface area contributed by atoms with Gasteiger partial charge in [0.2, 0.25) is 0 Å². The van der Waals surface area contributed by atoms with E-state index in [1.807, 2.05) is 7.05 Å². The van der Waals surface area contributed by atoms with Gasteiger partial charge in [-0.2, -0.15) is 0 Å². The van der Waals surface area contributed by atoms with E-state index in [0.29, 0.717) is 17.8 Å². The van der Waals surface area contributed by atoms with Gasteiger partial charge in [-0.15, -0.1) is 0 Å². The second kappa shape index (κ2) is 4.20. The molecule has 0 radical (unpaired) electrons. The molecule has 5 N–H and O–H groups in total. The molecule has 0 amide bonds. The van der Waals surface area contributed by atoms with E-state index in [2.05, 4.69) is 5.32 Å². The van der Waals surface area contributed by atoms with Crippen LogP contribution in [0, 0.1) is 5.82 Å². The van der Waals surface area contributed by atoms with Crippen LogP contribution in [0.2, 0.25) is 0 Å². The van der Waals surface area contributed by atoms with E-state index < -0.39 is 0 Å². The number of benzene rings is 1. The Balaban J connectivity index is 3.06. The Morgan fingerprint density at radius 3 is 2.62 bits per heavy atom. The summed E-state index contributed by atoms with van der Waals surface area (Å²) in [6, 6.07) is 3.01. The number of halogens is 1. The van der Waals surface area contributed by atoms with E-state index in [0.717, 1.165) is 5.56 Å². The highest BCUT2D eigenvalue weighted by Gasteiger charge is 2.05. The molecule has 3 nitrogen and oxygen atoms in total. The van der Waals surface area contributed by atoms with Gasteiger partial charge in [-0.25, -0.2) is 4.39 Å². The highest BCUT2D eigenvalue weighted by Crippen LogP contribution is 2.17. The van der Waals surface area contributed by atoms with Crippen molar-refractivity contribution >= 4 is 5.69 Å². The lowest BCUT2D eigenvalue weighted by molar-refractivity contribution is 0.609. The molecule has 0 spiro atoms. The Labute approximate surface area is 76.9 Å². The molecule has 0 aliphatic rings. The molecular formula is C9H14FN3. The predicted octanol–water partition coefficient (Wildman–Crippen LogP) is 0.586. The van der Waals surface area contributed by atoms with Crippen molar-refractivity contribution in [1.29, 1.82) is 0 Å².